The van der Waals surface area contributed by atoms with Gasteiger partial charge in [-0.1, -0.05) is 12.1 Å². The van der Waals surface area contributed by atoms with Crippen LogP contribution >= 0.6 is 11.3 Å². The SMILES string of the molecule is Cc1csc(C2(NC(=O)c3ccc(CN)cc3)CCC2)n1. The number of nitrogens with two attached hydrogens (primary N) is 1. The number of benzene rings is 1. The van der Waals surface area contributed by atoms with E-state index in [0.29, 0.717) is 12.1 Å². The Kier molecular flexibility index (Phi) is 3.78. The molecular formula is C16H19N3OS. The molecule has 2 aromatic rings. The third kappa shape index (κ3) is 2.71. The van der Waals surface area contributed by atoms with Crippen molar-refractivity contribution in [3.8, 4) is 0 Å². The predicted molar refractivity (Wildman–Crippen MR) is 84.2 cm³/mol. The molecule has 0 radical (unpaired) electrons. The van der Waals surface area contributed by atoms with E-state index in [0.717, 1.165) is 35.5 Å². The van der Waals surface area contributed by atoms with Gasteiger partial charge >= 0.3 is 0 Å². The molecule has 1 heterocycles. The van der Waals surface area contributed by atoms with Crippen LogP contribution in [0.15, 0.2) is 29.6 Å². The molecule has 0 atom stereocenters. The molecule has 110 valence electrons. The summed E-state index contributed by atoms with van der Waals surface area (Å²) in [5.41, 5.74) is 8.04. The number of amides is 1. The van der Waals surface area contributed by atoms with Gasteiger partial charge < -0.3 is 11.1 Å². The number of aromatic nitrogens is 1. The van der Waals surface area contributed by atoms with E-state index in [2.05, 4.69) is 10.3 Å². The van der Waals surface area contributed by atoms with Crippen LogP contribution in [0, 0.1) is 6.92 Å². The molecule has 1 aliphatic carbocycles. The number of nitrogens with zero attached hydrogens (tertiary/aromatic N) is 1. The van der Waals surface area contributed by atoms with E-state index >= 15 is 0 Å². The summed E-state index contributed by atoms with van der Waals surface area (Å²) in [5, 5.41) is 6.26. The minimum Gasteiger partial charge on any atom is -0.340 e. The molecule has 3 rings (SSSR count). The summed E-state index contributed by atoms with van der Waals surface area (Å²) in [6, 6.07) is 7.46. The van der Waals surface area contributed by atoms with Gasteiger partial charge in [-0.3, -0.25) is 4.79 Å². The van der Waals surface area contributed by atoms with Gasteiger partial charge in [0.2, 0.25) is 0 Å². The second-order valence-corrected chi connectivity index (χ2v) is 6.44. The zero-order valence-electron chi connectivity index (χ0n) is 12.1. The van der Waals surface area contributed by atoms with Crippen LogP contribution in [0.4, 0.5) is 0 Å². The molecule has 1 aliphatic rings. The van der Waals surface area contributed by atoms with Crippen LogP contribution in [0.25, 0.3) is 0 Å². The fraction of sp³-hybridized carbons (Fsp3) is 0.375. The topological polar surface area (TPSA) is 68.0 Å². The van der Waals surface area contributed by atoms with Crippen molar-refractivity contribution >= 4 is 17.2 Å². The van der Waals surface area contributed by atoms with E-state index in [1.165, 1.54) is 0 Å². The second kappa shape index (κ2) is 5.58. The molecule has 1 saturated carbocycles. The van der Waals surface area contributed by atoms with Crippen LogP contribution in [0.5, 0.6) is 0 Å². The van der Waals surface area contributed by atoms with E-state index < -0.39 is 0 Å². The van der Waals surface area contributed by atoms with E-state index in [9.17, 15) is 4.79 Å². The van der Waals surface area contributed by atoms with Crippen molar-refractivity contribution in [3.63, 3.8) is 0 Å². The standard InChI is InChI=1S/C16H19N3OS/c1-11-10-21-15(18-11)16(7-2-8-16)19-14(20)13-5-3-12(9-17)4-6-13/h3-6,10H,2,7-9,17H2,1H3,(H,19,20). The highest BCUT2D eigenvalue weighted by Crippen LogP contribution is 2.42. The lowest BCUT2D eigenvalue weighted by atomic mass is 9.77. The Morgan fingerprint density at radius 1 is 1.38 bits per heavy atom. The van der Waals surface area contributed by atoms with Crippen LogP contribution in [-0.2, 0) is 12.1 Å². The molecule has 0 spiro atoms. The summed E-state index contributed by atoms with van der Waals surface area (Å²) in [6.07, 6.45) is 3.06. The van der Waals surface area contributed by atoms with Gasteiger partial charge in [0.1, 0.15) is 5.01 Å². The monoisotopic (exact) mass is 301 g/mol. The molecule has 0 bridgehead atoms. The highest BCUT2D eigenvalue weighted by atomic mass is 32.1. The lowest BCUT2D eigenvalue weighted by Crippen LogP contribution is -2.50. The lowest BCUT2D eigenvalue weighted by Gasteiger charge is -2.40. The first-order valence-corrected chi connectivity index (χ1v) is 8.05. The van der Waals surface area contributed by atoms with Crippen molar-refractivity contribution in [2.45, 2.75) is 38.3 Å². The quantitative estimate of drug-likeness (QED) is 0.912. The van der Waals surface area contributed by atoms with Gasteiger partial charge in [0.25, 0.3) is 5.91 Å². The normalized spacial score (nSPS) is 16.3. The molecule has 4 nitrogen and oxygen atoms in total. The van der Waals surface area contributed by atoms with Gasteiger partial charge in [0, 0.05) is 23.2 Å². The van der Waals surface area contributed by atoms with Crippen molar-refractivity contribution in [1.29, 1.82) is 0 Å². The maximum atomic E-state index is 12.5. The summed E-state index contributed by atoms with van der Waals surface area (Å²) in [6.45, 7) is 2.48. The first kappa shape index (κ1) is 14.2. The van der Waals surface area contributed by atoms with Crippen molar-refractivity contribution in [2.24, 2.45) is 5.73 Å². The molecule has 1 aromatic heterocycles. The van der Waals surface area contributed by atoms with Crippen LogP contribution < -0.4 is 11.1 Å². The lowest BCUT2D eigenvalue weighted by molar-refractivity contribution is 0.0822. The number of nitrogens with one attached hydrogen (secondary N) is 1. The van der Waals surface area contributed by atoms with Gasteiger partial charge in [-0.05, 0) is 43.9 Å². The number of hydrogen-bond donors (Lipinski definition) is 2. The minimum absolute atomic E-state index is 0.0360. The zero-order chi connectivity index (χ0) is 14.9. The fourth-order valence-corrected chi connectivity index (χ4v) is 3.59. The molecule has 3 N–H and O–H groups in total. The van der Waals surface area contributed by atoms with E-state index in [1.54, 1.807) is 11.3 Å². The predicted octanol–water partition coefficient (Wildman–Crippen LogP) is 2.72. The van der Waals surface area contributed by atoms with Gasteiger partial charge in [-0.2, -0.15) is 0 Å². The number of carbonyl (C=O) groups is 1. The van der Waals surface area contributed by atoms with E-state index in [4.69, 9.17) is 5.73 Å². The minimum atomic E-state index is -0.261. The molecule has 1 amide bonds. The van der Waals surface area contributed by atoms with E-state index in [1.807, 2.05) is 36.6 Å². The number of carbonyl (C=O) groups excluding carboxylic acids is 1. The summed E-state index contributed by atoms with van der Waals surface area (Å²) in [5.74, 6) is -0.0360. The average molecular weight is 301 g/mol. The third-order valence-electron chi connectivity index (χ3n) is 4.04. The Morgan fingerprint density at radius 2 is 2.10 bits per heavy atom. The second-order valence-electron chi connectivity index (χ2n) is 5.58. The molecule has 5 heteroatoms. The highest BCUT2D eigenvalue weighted by molar-refractivity contribution is 7.09. The molecule has 0 saturated heterocycles. The Balaban J connectivity index is 1.78. The summed E-state index contributed by atoms with van der Waals surface area (Å²) < 4.78 is 0. The zero-order valence-corrected chi connectivity index (χ0v) is 12.9. The third-order valence-corrected chi connectivity index (χ3v) is 5.20. The average Bonchev–Trinajstić information content (AvgIpc) is 2.89. The molecular weight excluding hydrogens is 282 g/mol. The van der Waals surface area contributed by atoms with Crippen molar-refractivity contribution in [3.05, 3.63) is 51.5 Å². The van der Waals surface area contributed by atoms with Gasteiger partial charge in [-0.25, -0.2) is 4.98 Å². The van der Waals surface area contributed by atoms with E-state index in [-0.39, 0.29) is 11.4 Å². The van der Waals surface area contributed by atoms with Gasteiger partial charge in [0.15, 0.2) is 0 Å². The smallest absolute Gasteiger partial charge is 0.252 e. The molecule has 1 aromatic carbocycles. The van der Waals surface area contributed by atoms with Crippen LogP contribution in [-0.4, -0.2) is 10.9 Å². The highest BCUT2D eigenvalue weighted by Gasteiger charge is 2.42. The first-order valence-electron chi connectivity index (χ1n) is 7.17. The number of hydrogen-bond acceptors (Lipinski definition) is 4. The van der Waals surface area contributed by atoms with Crippen molar-refractivity contribution < 1.29 is 4.79 Å². The van der Waals surface area contributed by atoms with Gasteiger partial charge in [0.05, 0.1) is 5.54 Å². The maximum absolute atomic E-state index is 12.5. The first-order chi connectivity index (χ1) is 10.1. The number of aryl methyl sites for hydroxylation is 1. The largest absolute Gasteiger partial charge is 0.340 e. The van der Waals surface area contributed by atoms with Crippen LogP contribution in [0.3, 0.4) is 0 Å². The molecule has 1 fully saturated rings. The summed E-state index contributed by atoms with van der Waals surface area (Å²) in [7, 11) is 0. The molecule has 21 heavy (non-hydrogen) atoms. The maximum Gasteiger partial charge on any atom is 0.252 e. The molecule has 0 aliphatic heterocycles. The van der Waals surface area contributed by atoms with Crippen molar-refractivity contribution in [1.82, 2.24) is 10.3 Å². The Labute approximate surface area is 128 Å². The van der Waals surface area contributed by atoms with Gasteiger partial charge in [-0.15, -0.1) is 11.3 Å². The van der Waals surface area contributed by atoms with Crippen LogP contribution in [0.2, 0.25) is 0 Å². The summed E-state index contributed by atoms with van der Waals surface area (Å²) in [4.78, 5) is 17.0. The Hall–Kier alpha value is -1.72. The van der Waals surface area contributed by atoms with Crippen molar-refractivity contribution in [2.75, 3.05) is 0 Å². The molecule has 0 unspecified atom stereocenters. The fourth-order valence-electron chi connectivity index (χ4n) is 2.58. The van der Waals surface area contributed by atoms with Crippen LogP contribution in [0.1, 0.15) is 45.9 Å². The Bertz CT molecular complexity index is 644. The number of thiazole rings is 1. The number of rotatable bonds is 4. The Morgan fingerprint density at radius 3 is 2.57 bits per heavy atom. The summed E-state index contributed by atoms with van der Waals surface area (Å²) >= 11 is 1.63.